The van der Waals surface area contributed by atoms with Crippen molar-refractivity contribution in [1.29, 1.82) is 0 Å². The second-order valence-electron chi connectivity index (χ2n) is 2.98. The van der Waals surface area contributed by atoms with Gasteiger partial charge in [0, 0.05) is 6.54 Å². The van der Waals surface area contributed by atoms with E-state index in [4.69, 9.17) is 0 Å². The zero-order valence-electron chi connectivity index (χ0n) is 9.27. The molecule has 1 N–H and O–H groups in total. The minimum Gasteiger partial charge on any atom is -0.452 e. The number of urea groups is 1. The van der Waals surface area contributed by atoms with Crippen molar-refractivity contribution in [3.05, 3.63) is 30.3 Å². The Kier molecular flexibility index (Phi) is 4.32. The molecule has 0 aromatic heterocycles. The van der Waals surface area contributed by atoms with Gasteiger partial charge in [-0.05, 0) is 19.1 Å². The van der Waals surface area contributed by atoms with Gasteiger partial charge in [0.2, 0.25) is 0 Å². The molecule has 86 valence electrons. The number of methoxy groups -OCH3 is 1. The highest BCUT2D eigenvalue weighted by Gasteiger charge is 2.23. The maximum absolute atomic E-state index is 11.7. The predicted octanol–water partition coefficient (Wildman–Crippen LogP) is 1.99. The normalized spacial score (nSPS) is 9.38. The molecular formula is C11H14N2O3. The number of amides is 3. The Morgan fingerprint density at radius 1 is 1.31 bits per heavy atom. The van der Waals surface area contributed by atoms with Gasteiger partial charge in [0.1, 0.15) is 0 Å². The van der Waals surface area contributed by atoms with Crippen molar-refractivity contribution in [3.63, 3.8) is 0 Å². The van der Waals surface area contributed by atoms with E-state index in [0.29, 0.717) is 12.2 Å². The zero-order chi connectivity index (χ0) is 12.0. The molecule has 0 fully saturated rings. The van der Waals surface area contributed by atoms with Gasteiger partial charge < -0.3 is 10.1 Å². The minimum absolute atomic E-state index is 0.444. The Bertz CT molecular complexity index is 365. The molecule has 0 aliphatic rings. The van der Waals surface area contributed by atoms with Gasteiger partial charge >= 0.3 is 12.1 Å². The van der Waals surface area contributed by atoms with Crippen LogP contribution in [0.5, 0.6) is 0 Å². The summed E-state index contributed by atoms with van der Waals surface area (Å²) in [6, 6.07) is 8.10. The maximum atomic E-state index is 11.7. The molecule has 0 atom stereocenters. The summed E-state index contributed by atoms with van der Waals surface area (Å²) in [6.45, 7) is 2.22. The first-order chi connectivity index (χ1) is 7.70. The highest BCUT2D eigenvalue weighted by molar-refractivity contribution is 6.11. The second kappa shape index (κ2) is 5.75. The predicted molar refractivity (Wildman–Crippen MR) is 60.4 cm³/mol. The lowest BCUT2D eigenvalue weighted by molar-refractivity contribution is 0.178. The Balaban J connectivity index is 2.97. The third kappa shape index (κ3) is 2.73. The fourth-order valence-corrected chi connectivity index (χ4v) is 1.20. The van der Waals surface area contributed by atoms with Gasteiger partial charge in [0.05, 0.1) is 12.8 Å². The van der Waals surface area contributed by atoms with E-state index in [2.05, 4.69) is 10.1 Å². The fourth-order valence-electron chi connectivity index (χ4n) is 1.20. The largest absolute Gasteiger partial charge is 0.452 e. The topological polar surface area (TPSA) is 58.6 Å². The van der Waals surface area contributed by atoms with E-state index in [1.165, 1.54) is 7.11 Å². The van der Waals surface area contributed by atoms with Crippen LogP contribution in [0.2, 0.25) is 0 Å². The standard InChI is InChI=1S/C11H14N2O3/c1-3-12-10(14)13(11(15)16-2)9-7-5-4-6-8-9/h4-8H,3H2,1-2H3,(H,12,14). The van der Waals surface area contributed by atoms with E-state index >= 15 is 0 Å². The van der Waals surface area contributed by atoms with Crippen molar-refractivity contribution in [2.75, 3.05) is 18.6 Å². The average molecular weight is 222 g/mol. The van der Waals surface area contributed by atoms with Crippen LogP contribution in [0.15, 0.2) is 30.3 Å². The lowest BCUT2D eigenvalue weighted by Crippen LogP contribution is -2.43. The van der Waals surface area contributed by atoms with E-state index in [9.17, 15) is 9.59 Å². The quantitative estimate of drug-likeness (QED) is 0.832. The number of nitrogens with zero attached hydrogens (tertiary/aromatic N) is 1. The summed E-state index contributed by atoms with van der Waals surface area (Å²) < 4.78 is 4.56. The molecule has 0 unspecified atom stereocenters. The molecule has 0 radical (unpaired) electrons. The SMILES string of the molecule is CCNC(=O)N(C(=O)OC)c1ccccc1. The smallest absolute Gasteiger partial charge is 0.422 e. The molecular weight excluding hydrogens is 208 g/mol. The van der Waals surface area contributed by atoms with Gasteiger partial charge in [-0.3, -0.25) is 0 Å². The molecule has 5 nitrogen and oxygen atoms in total. The number of imide groups is 1. The van der Waals surface area contributed by atoms with Crippen molar-refractivity contribution in [2.24, 2.45) is 0 Å². The average Bonchev–Trinajstić information content (AvgIpc) is 2.31. The van der Waals surface area contributed by atoms with Crippen LogP contribution in [0.1, 0.15) is 6.92 Å². The van der Waals surface area contributed by atoms with Crippen LogP contribution in [0.3, 0.4) is 0 Å². The first kappa shape index (κ1) is 12.0. The van der Waals surface area contributed by atoms with Crippen LogP contribution in [-0.4, -0.2) is 25.8 Å². The molecule has 0 aliphatic heterocycles. The summed E-state index contributed by atoms with van der Waals surface area (Å²) in [6.07, 6.45) is -0.711. The molecule has 0 aliphatic carbocycles. The molecule has 0 bridgehead atoms. The molecule has 1 aromatic rings. The van der Waals surface area contributed by atoms with E-state index in [1.807, 2.05) is 0 Å². The molecule has 0 saturated carbocycles. The molecule has 0 spiro atoms. The van der Waals surface area contributed by atoms with Crippen LogP contribution in [0.25, 0.3) is 0 Å². The molecule has 5 heteroatoms. The van der Waals surface area contributed by atoms with Crippen molar-refractivity contribution in [3.8, 4) is 0 Å². The van der Waals surface area contributed by atoms with Gasteiger partial charge in [0.15, 0.2) is 0 Å². The lowest BCUT2D eigenvalue weighted by Gasteiger charge is -2.19. The monoisotopic (exact) mass is 222 g/mol. The first-order valence-electron chi connectivity index (χ1n) is 4.91. The second-order valence-corrected chi connectivity index (χ2v) is 2.98. The van der Waals surface area contributed by atoms with Crippen LogP contribution >= 0.6 is 0 Å². The highest BCUT2D eigenvalue weighted by atomic mass is 16.5. The molecule has 0 saturated heterocycles. The summed E-state index contributed by atoms with van der Waals surface area (Å²) in [5.74, 6) is 0. The Hall–Kier alpha value is -2.04. The Morgan fingerprint density at radius 2 is 1.94 bits per heavy atom. The number of para-hydroxylation sites is 1. The van der Waals surface area contributed by atoms with Gasteiger partial charge in [-0.25, -0.2) is 9.59 Å². The summed E-state index contributed by atoms with van der Waals surface area (Å²) >= 11 is 0. The van der Waals surface area contributed by atoms with Crippen LogP contribution in [0.4, 0.5) is 15.3 Å². The molecule has 16 heavy (non-hydrogen) atoms. The van der Waals surface area contributed by atoms with Gasteiger partial charge in [-0.15, -0.1) is 0 Å². The minimum atomic E-state index is -0.711. The summed E-state index contributed by atoms with van der Waals surface area (Å²) in [5.41, 5.74) is 0.473. The van der Waals surface area contributed by atoms with Crippen molar-refractivity contribution < 1.29 is 14.3 Å². The van der Waals surface area contributed by atoms with Crippen LogP contribution in [-0.2, 0) is 4.74 Å². The number of nitrogens with one attached hydrogen (secondary N) is 1. The van der Waals surface area contributed by atoms with E-state index in [0.717, 1.165) is 4.90 Å². The van der Waals surface area contributed by atoms with Crippen molar-refractivity contribution in [1.82, 2.24) is 5.32 Å². The number of ether oxygens (including phenoxy) is 1. The summed E-state index contributed by atoms with van der Waals surface area (Å²) in [7, 11) is 1.23. The zero-order valence-corrected chi connectivity index (χ0v) is 9.27. The van der Waals surface area contributed by atoms with Crippen molar-refractivity contribution >= 4 is 17.8 Å². The Labute approximate surface area is 94.0 Å². The first-order valence-corrected chi connectivity index (χ1v) is 4.91. The molecule has 1 rings (SSSR count). The van der Waals surface area contributed by atoms with Gasteiger partial charge in [-0.1, -0.05) is 18.2 Å². The van der Waals surface area contributed by atoms with E-state index in [-0.39, 0.29) is 0 Å². The van der Waals surface area contributed by atoms with E-state index in [1.54, 1.807) is 37.3 Å². The third-order valence-corrected chi connectivity index (χ3v) is 1.90. The summed E-state index contributed by atoms with van der Waals surface area (Å²) in [4.78, 5) is 24.1. The molecule has 3 amide bonds. The fraction of sp³-hybridized carbons (Fsp3) is 0.273. The van der Waals surface area contributed by atoms with Crippen LogP contribution in [0, 0.1) is 0 Å². The lowest BCUT2D eigenvalue weighted by atomic mass is 10.3. The Morgan fingerprint density at radius 3 is 2.44 bits per heavy atom. The maximum Gasteiger partial charge on any atom is 0.422 e. The third-order valence-electron chi connectivity index (χ3n) is 1.90. The molecule has 0 heterocycles. The molecule has 1 aromatic carbocycles. The number of carbonyl (C=O) groups excluding carboxylic acids is 2. The number of benzene rings is 1. The number of carbonyl (C=O) groups is 2. The number of anilines is 1. The number of hydrogen-bond donors (Lipinski definition) is 1. The van der Waals surface area contributed by atoms with Gasteiger partial charge in [-0.2, -0.15) is 4.90 Å². The van der Waals surface area contributed by atoms with Crippen molar-refractivity contribution in [2.45, 2.75) is 6.92 Å². The highest BCUT2D eigenvalue weighted by Crippen LogP contribution is 2.14. The summed E-state index contributed by atoms with van der Waals surface area (Å²) in [5, 5.41) is 2.55. The van der Waals surface area contributed by atoms with Gasteiger partial charge in [0.25, 0.3) is 0 Å². The number of hydrogen-bond acceptors (Lipinski definition) is 3. The van der Waals surface area contributed by atoms with Crippen LogP contribution < -0.4 is 10.2 Å². The van der Waals surface area contributed by atoms with E-state index < -0.39 is 12.1 Å². The number of rotatable bonds is 2.